The Morgan fingerprint density at radius 3 is 2.55 bits per heavy atom. The Bertz CT molecular complexity index is 849. The maximum Gasteiger partial charge on any atom is 0.223 e. The molecule has 2 N–H and O–H groups in total. The molecular weight excluding hydrogens is 422 g/mol. The van der Waals surface area contributed by atoms with E-state index in [1.807, 2.05) is 0 Å². The minimum Gasteiger partial charge on any atom is -0.354 e. The highest BCUT2D eigenvalue weighted by Gasteiger charge is 2.47. The molecule has 0 aliphatic heterocycles. The lowest BCUT2D eigenvalue weighted by Crippen LogP contribution is -2.45. The standard InChI is InChI=1S/C24H31ClF2N2O2/c1-14(30)28-17-5-4-16(13-17)23(31)29-22(20-19(26)7-6-18(25)21(20)27)24-10-2-3-15(8-11-24)9-12-24/h6-7,15-17,22H,2-5,8-13H2,1H3,(H,28,30)(H,29,31)/t15?,16-,17?,22-,24?/m1/s1. The summed E-state index contributed by atoms with van der Waals surface area (Å²) in [4.78, 5) is 24.6. The van der Waals surface area contributed by atoms with Gasteiger partial charge in [0.15, 0.2) is 0 Å². The van der Waals surface area contributed by atoms with Crippen molar-refractivity contribution in [1.82, 2.24) is 10.6 Å². The number of halogens is 3. The van der Waals surface area contributed by atoms with E-state index in [-0.39, 0.29) is 39.8 Å². The number of amides is 2. The summed E-state index contributed by atoms with van der Waals surface area (Å²) in [6, 6.07) is 1.65. The molecule has 4 nitrogen and oxygen atoms in total. The first kappa shape index (κ1) is 22.5. The molecule has 0 heterocycles. The molecule has 0 saturated heterocycles. The summed E-state index contributed by atoms with van der Waals surface area (Å²) in [5.74, 6) is -1.32. The number of fused-ring (bicyclic) bond motifs is 4. The van der Waals surface area contributed by atoms with Gasteiger partial charge in [-0.2, -0.15) is 0 Å². The van der Waals surface area contributed by atoms with Crippen LogP contribution < -0.4 is 10.6 Å². The largest absolute Gasteiger partial charge is 0.354 e. The SMILES string of the molecule is CC(=O)NC1CC[C@@H](C(=O)N[C@H](c2c(F)ccc(Cl)c2F)C23CCCC(CC2)CC3)C1. The second-order valence-corrected chi connectivity index (χ2v) is 10.2. The van der Waals surface area contributed by atoms with Crippen LogP contribution in [0.3, 0.4) is 0 Å². The van der Waals surface area contributed by atoms with E-state index < -0.39 is 17.7 Å². The van der Waals surface area contributed by atoms with Crippen molar-refractivity contribution in [3.8, 4) is 0 Å². The Morgan fingerprint density at radius 2 is 1.84 bits per heavy atom. The number of rotatable bonds is 5. The van der Waals surface area contributed by atoms with Crippen molar-refractivity contribution < 1.29 is 18.4 Å². The Morgan fingerprint density at radius 1 is 1.10 bits per heavy atom. The zero-order valence-corrected chi connectivity index (χ0v) is 18.7. The van der Waals surface area contributed by atoms with Crippen LogP contribution in [0.5, 0.6) is 0 Å². The molecule has 31 heavy (non-hydrogen) atoms. The lowest BCUT2D eigenvalue weighted by molar-refractivity contribution is -0.127. The minimum atomic E-state index is -0.768. The highest BCUT2D eigenvalue weighted by Crippen LogP contribution is 2.55. The number of carbonyl (C=O) groups excluding carboxylic acids is 2. The van der Waals surface area contributed by atoms with E-state index in [0.29, 0.717) is 18.8 Å². The van der Waals surface area contributed by atoms with Gasteiger partial charge in [0.1, 0.15) is 11.6 Å². The summed E-state index contributed by atoms with van der Waals surface area (Å²) in [5.41, 5.74) is -0.456. The second-order valence-electron chi connectivity index (χ2n) is 9.80. The number of nitrogens with one attached hydrogen (secondary N) is 2. The Hall–Kier alpha value is -1.69. The van der Waals surface area contributed by atoms with Gasteiger partial charge < -0.3 is 10.6 Å². The molecular formula is C24H31ClF2N2O2. The average Bonchev–Trinajstić information content (AvgIpc) is 2.97. The number of carbonyl (C=O) groups is 2. The molecule has 3 atom stereocenters. The van der Waals surface area contributed by atoms with Crippen LogP contribution in [-0.4, -0.2) is 17.9 Å². The van der Waals surface area contributed by atoms with Gasteiger partial charge in [0.25, 0.3) is 0 Å². The van der Waals surface area contributed by atoms with Gasteiger partial charge in [0.2, 0.25) is 11.8 Å². The van der Waals surface area contributed by atoms with Crippen molar-refractivity contribution in [3.63, 3.8) is 0 Å². The van der Waals surface area contributed by atoms with Crippen LogP contribution in [0.2, 0.25) is 5.02 Å². The van der Waals surface area contributed by atoms with Crippen LogP contribution in [0.4, 0.5) is 8.78 Å². The van der Waals surface area contributed by atoms with Crippen LogP contribution in [-0.2, 0) is 9.59 Å². The third kappa shape index (κ3) is 4.59. The van der Waals surface area contributed by atoms with Crippen LogP contribution in [0.15, 0.2) is 12.1 Å². The van der Waals surface area contributed by atoms with Crippen molar-refractivity contribution in [2.24, 2.45) is 17.3 Å². The highest BCUT2D eigenvalue weighted by atomic mass is 35.5. The highest BCUT2D eigenvalue weighted by molar-refractivity contribution is 6.30. The molecule has 4 aliphatic rings. The van der Waals surface area contributed by atoms with Gasteiger partial charge in [-0.25, -0.2) is 8.78 Å². The lowest BCUT2D eigenvalue weighted by atomic mass is 9.65. The van der Waals surface area contributed by atoms with E-state index in [0.717, 1.165) is 51.4 Å². The summed E-state index contributed by atoms with van der Waals surface area (Å²) in [6.07, 6.45) is 8.70. The molecule has 0 radical (unpaired) electrons. The van der Waals surface area contributed by atoms with Gasteiger partial charge in [-0.15, -0.1) is 0 Å². The van der Waals surface area contributed by atoms with Crippen LogP contribution in [0.1, 0.15) is 82.7 Å². The third-order valence-electron chi connectivity index (χ3n) is 7.87. The molecule has 4 fully saturated rings. The number of benzene rings is 1. The normalized spacial score (nSPS) is 31.2. The second kappa shape index (κ2) is 9.05. The smallest absolute Gasteiger partial charge is 0.223 e. The van der Waals surface area contributed by atoms with Crippen molar-refractivity contribution in [2.75, 3.05) is 0 Å². The average molecular weight is 453 g/mol. The fourth-order valence-corrected chi connectivity index (χ4v) is 6.37. The van der Waals surface area contributed by atoms with E-state index in [1.54, 1.807) is 0 Å². The van der Waals surface area contributed by atoms with Crippen LogP contribution in [0.25, 0.3) is 0 Å². The molecule has 2 bridgehead atoms. The summed E-state index contributed by atoms with van der Waals surface area (Å²) in [7, 11) is 0. The summed E-state index contributed by atoms with van der Waals surface area (Å²) in [6.45, 7) is 1.47. The van der Waals surface area contributed by atoms with Crippen LogP contribution >= 0.6 is 11.6 Å². The Labute approximate surface area is 187 Å². The first-order chi connectivity index (χ1) is 14.8. The van der Waals surface area contributed by atoms with E-state index in [1.165, 1.54) is 19.1 Å². The monoisotopic (exact) mass is 452 g/mol. The van der Waals surface area contributed by atoms with Gasteiger partial charge in [-0.1, -0.05) is 24.4 Å². The fraction of sp³-hybridized carbons (Fsp3) is 0.667. The zero-order valence-electron chi connectivity index (χ0n) is 18.0. The van der Waals surface area contributed by atoms with E-state index >= 15 is 4.39 Å². The molecule has 7 heteroatoms. The predicted octanol–water partition coefficient (Wildman–Crippen LogP) is 5.44. The zero-order chi connectivity index (χ0) is 22.2. The summed E-state index contributed by atoms with van der Waals surface area (Å²) >= 11 is 6.04. The van der Waals surface area contributed by atoms with Crippen LogP contribution in [0, 0.1) is 28.9 Å². The molecule has 170 valence electrons. The predicted molar refractivity (Wildman–Crippen MR) is 115 cm³/mol. The molecule has 4 aliphatic carbocycles. The third-order valence-corrected chi connectivity index (χ3v) is 8.16. The van der Waals surface area contributed by atoms with Crippen molar-refractivity contribution in [2.45, 2.75) is 83.2 Å². The van der Waals surface area contributed by atoms with Crippen molar-refractivity contribution in [3.05, 3.63) is 34.4 Å². The fourth-order valence-electron chi connectivity index (χ4n) is 6.20. The molecule has 0 spiro atoms. The Balaban J connectivity index is 1.63. The molecule has 1 aromatic rings. The summed E-state index contributed by atoms with van der Waals surface area (Å²) < 4.78 is 30.1. The molecule has 1 unspecified atom stereocenters. The number of hydrogen-bond donors (Lipinski definition) is 2. The maximum atomic E-state index is 15.2. The quantitative estimate of drug-likeness (QED) is 0.584. The van der Waals surface area contributed by atoms with Gasteiger partial charge in [0.05, 0.1) is 11.1 Å². The first-order valence-corrected chi connectivity index (χ1v) is 11.9. The molecule has 4 saturated carbocycles. The number of hydrogen-bond acceptors (Lipinski definition) is 2. The lowest BCUT2D eigenvalue weighted by Gasteiger charge is -2.44. The Kier molecular flexibility index (Phi) is 6.57. The van der Waals surface area contributed by atoms with Gasteiger partial charge >= 0.3 is 0 Å². The van der Waals surface area contributed by atoms with Crippen molar-refractivity contribution in [1.29, 1.82) is 0 Å². The first-order valence-electron chi connectivity index (χ1n) is 11.5. The molecule has 1 aromatic carbocycles. The van der Waals surface area contributed by atoms with E-state index in [2.05, 4.69) is 10.6 Å². The topological polar surface area (TPSA) is 58.2 Å². The summed E-state index contributed by atoms with van der Waals surface area (Å²) in [5, 5.41) is 5.84. The minimum absolute atomic E-state index is 0.0298. The maximum absolute atomic E-state index is 15.2. The van der Waals surface area contributed by atoms with Crippen molar-refractivity contribution >= 4 is 23.4 Å². The van der Waals surface area contributed by atoms with Gasteiger partial charge in [-0.3, -0.25) is 9.59 Å². The molecule has 2 amide bonds. The van der Waals surface area contributed by atoms with Gasteiger partial charge in [0, 0.05) is 24.4 Å². The van der Waals surface area contributed by atoms with Gasteiger partial charge in [-0.05, 0) is 74.8 Å². The molecule has 5 rings (SSSR count). The molecule has 0 aromatic heterocycles. The van der Waals surface area contributed by atoms with E-state index in [9.17, 15) is 14.0 Å². The van der Waals surface area contributed by atoms with E-state index in [4.69, 9.17) is 11.6 Å².